The monoisotopic (exact) mass is 688 g/mol. The Bertz CT molecular complexity index is 1860. The second kappa shape index (κ2) is 13.2. The Balaban J connectivity index is 1.50. The Kier molecular flexibility index (Phi) is 9.42. The van der Waals surface area contributed by atoms with E-state index in [0.717, 1.165) is 0 Å². The molecule has 0 spiro atoms. The highest BCUT2D eigenvalue weighted by atomic mass is 16.8. The van der Waals surface area contributed by atoms with Crippen molar-refractivity contribution in [3.63, 3.8) is 0 Å². The standard InChI is InChI=1S/C34H40O15/c1-13-22(36)25(39)27(41)32(44-13)49-31-26(40)23(37)14(2)45-33(31)48-30-24(38)21-18(35)12-19-17(11-20(46-19)34(3,4)43-6)29(21)47-28(30)15-7-9-16(42-5)10-8-15/h7-14,22-23,25-27,31-33,35-37,39-41H,1-6H3/t13-,14-,22-,23-,25+,26+,27+,31+,32-,33-/m0/s1. The number of phenolic OH excluding ortho intramolecular Hbond substituents is 1. The minimum Gasteiger partial charge on any atom is -0.507 e. The van der Waals surface area contributed by atoms with Crippen LogP contribution in [0.25, 0.3) is 33.3 Å². The lowest BCUT2D eigenvalue weighted by molar-refractivity contribution is -0.352. The maximum Gasteiger partial charge on any atom is 0.239 e. The molecule has 15 heteroatoms. The van der Waals surface area contributed by atoms with Crippen molar-refractivity contribution in [1.82, 2.24) is 0 Å². The van der Waals surface area contributed by atoms with Crippen molar-refractivity contribution in [3.8, 4) is 28.6 Å². The molecule has 0 bridgehead atoms. The molecule has 2 aromatic carbocycles. The van der Waals surface area contributed by atoms with Crippen LogP contribution in [0.3, 0.4) is 0 Å². The summed E-state index contributed by atoms with van der Waals surface area (Å²) >= 11 is 0. The van der Waals surface area contributed by atoms with Gasteiger partial charge in [0.1, 0.15) is 64.3 Å². The molecule has 15 nitrogen and oxygen atoms in total. The topological polar surface area (TPSA) is 220 Å². The largest absolute Gasteiger partial charge is 0.507 e. The quantitative estimate of drug-likeness (QED) is 0.156. The van der Waals surface area contributed by atoms with Gasteiger partial charge in [-0.05, 0) is 58.0 Å². The predicted octanol–water partition coefficient (Wildman–Crippen LogP) is 1.86. The van der Waals surface area contributed by atoms with E-state index in [9.17, 15) is 35.4 Å². The molecule has 0 aliphatic carbocycles. The molecule has 0 amide bonds. The van der Waals surface area contributed by atoms with Crippen molar-refractivity contribution in [3.05, 3.63) is 52.4 Å². The first-order chi connectivity index (χ1) is 23.2. The van der Waals surface area contributed by atoms with Crippen molar-refractivity contribution in [1.29, 1.82) is 0 Å². The van der Waals surface area contributed by atoms with Crippen LogP contribution in [0.1, 0.15) is 33.5 Å². The zero-order valence-electron chi connectivity index (χ0n) is 27.6. The molecule has 10 atom stereocenters. The first-order valence-corrected chi connectivity index (χ1v) is 15.7. The third-order valence-corrected chi connectivity index (χ3v) is 9.17. The minimum absolute atomic E-state index is 0.0125. The van der Waals surface area contributed by atoms with Crippen LogP contribution in [0.5, 0.6) is 17.2 Å². The molecular weight excluding hydrogens is 648 g/mol. The van der Waals surface area contributed by atoms with Crippen molar-refractivity contribution >= 4 is 21.9 Å². The van der Waals surface area contributed by atoms with Gasteiger partial charge in [-0.15, -0.1) is 0 Å². The van der Waals surface area contributed by atoms with Gasteiger partial charge in [0.2, 0.25) is 17.5 Å². The Labute approximate surface area is 279 Å². The molecular formula is C34H40O15. The van der Waals surface area contributed by atoms with Gasteiger partial charge in [-0.1, -0.05) is 0 Å². The third kappa shape index (κ3) is 6.15. The molecule has 0 unspecified atom stereocenters. The molecule has 0 radical (unpaired) electrons. The molecule has 4 heterocycles. The predicted molar refractivity (Wildman–Crippen MR) is 170 cm³/mol. The maximum absolute atomic E-state index is 14.4. The van der Waals surface area contributed by atoms with Crippen LogP contribution in [0.15, 0.2) is 50.0 Å². The summed E-state index contributed by atoms with van der Waals surface area (Å²) in [6.45, 7) is 6.47. The lowest BCUT2D eigenvalue weighted by Crippen LogP contribution is -2.63. The number of aliphatic hydroxyl groups is 5. The third-order valence-electron chi connectivity index (χ3n) is 9.17. The number of aliphatic hydroxyl groups excluding tert-OH is 5. The first kappa shape index (κ1) is 35.1. The molecule has 2 saturated heterocycles. The number of aromatic hydroxyl groups is 1. The van der Waals surface area contributed by atoms with E-state index in [0.29, 0.717) is 22.5 Å². The number of rotatable bonds is 8. The number of hydrogen-bond donors (Lipinski definition) is 6. The highest BCUT2D eigenvalue weighted by Gasteiger charge is 2.50. The summed E-state index contributed by atoms with van der Waals surface area (Å²) in [4.78, 5) is 14.4. The number of hydrogen-bond acceptors (Lipinski definition) is 15. The van der Waals surface area contributed by atoms with Gasteiger partial charge in [0.25, 0.3) is 0 Å². The lowest BCUT2D eigenvalue weighted by Gasteiger charge is -2.45. The van der Waals surface area contributed by atoms with Gasteiger partial charge in [-0.2, -0.15) is 0 Å². The molecule has 49 heavy (non-hydrogen) atoms. The van der Waals surface area contributed by atoms with E-state index >= 15 is 0 Å². The fourth-order valence-corrected chi connectivity index (χ4v) is 5.90. The van der Waals surface area contributed by atoms with Crippen molar-refractivity contribution in [2.45, 2.75) is 94.7 Å². The summed E-state index contributed by atoms with van der Waals surface area (Å²) in [6, 6.07) is 9.41. The second-order valence-corrected chi connectivity index (χ2v) is 12.7. The fourth-order valence-electron chi connectivity index (χ4n) is 5.90. The number of phenols is 1. The summed E-state index contributed by atoms with van der Waals surface area (Å²) in [5.41, 5.74) is -1.12. The lowest BCUT2D eigenvalue weighted by atomic mass is 9.98. The van der Waals surface area contributed by atoms with Gasteiger partial charge >= 0.3 is 0 Å². The molecule has 2 fully saturated rings. The Morgan fingerprint density at radius 3 is 2.06 bits per heavy atom. The van der Waals surface area contributed by atoms with Crippen LogP contribution in [-0.2, 0) is 24.5 Å². The summed E-state index contributed by atoms with van der Waals surface area (Å²) in [6.07, 6.45) is -15.0. The van der Waals surface area contributed by atoms with E-state index in [-0.39, 0.29) is 22.3 Å². The zero-order valence-corrected chi connectivity index (χ0v) is 27.6. The number of furan rings is 1. The van der Waals surface area contributed by atoms with Gasteiger partial charge in [0, 0.05) is 18.7 Å². The zero-order chi connectivity index (χ0) is 35.5. The summed E-state index contributed by atoms with van der Waals surface area (Å²) < 4.78 is 46.7. The molecule has 2 aliphatic rings. The van der Waals surface area contributed by atoms with Crippen LogP contribution in [0, 0.1) is 0 Å². The molecule has 0 saturated carbocycles. The van der Waals surface area contributed by atoms with E-state index in [1.54, 1.807) is 44.2 Å². The van der Waals surface area contributed by atoms with Crippen LogP contribution in [-0.4, -0.2) is 106 Å². The van der Waals surface area contributed by atoms with Crippen LogP contribution in [0.2, 0.25) is 0 Å². The summed E-state index contributed by atoms with van der Waals surface area (Å²) in [5, 5.41) is 64.2. The van der Waals surface area contributed by atoms with Crippen LogP contribution in [0.4, 0.5) is 0 Å². The number of ether oxygens (including phenoxy) is 6. The SMILES string of the molecule is COc1ccc(-c2oc3c(c(O)cc4oc(C(C)(C)OC)cc43)c(=O)c2O[C@@H]2O[C@@H](C)[C@H](O)[C@@H](O)[C@H]2O[C@@H]2O[C@@H](C)[C@H](O)[C@@H](O)[C@H]2O)cc1. The number of methoxy groups -OCH3 is 2. The highest BCUT2D eigenvalue weighted by Crippen LogP contribution is 2.42. The van der Waals surface area contributed by atoms with Gasteiger partial charge < -0.3 is 67.9 Å². The van der Waals surface area contributed by atoms with E-state index in [1.165, 1.54) is 34.1 Å². The molecule has 266 valence electrons. The van der Waals surface area contributed by atoms with E-state index in [4.69, 9.17) is 37.3 Å². The molecule has 6 rings (SSSR count). The smallest absolute Gasteiger partial charge is 0.239 e. The fraction of sp³-hybridized carbons (Fsp3) is 0.500. The second-order valence-electron chi connectivity index (χ2n) is 12.7. The molecule has 2 aromatic heterocycles. The Morgan fingerprint density at radius 2 is 1.43 bits per heavy atom. The van der Waals surface area contributed by atoms with E-state index in [2.05, 4.69) is 0 Å². The molecule has 2 aliphatic heterocycles. The average molecular weight is 689 g/mol. The first-order valence-electron chi connectivity index (χ1n) is 15.7. The van der Waals surface area contributed by atoms with Crippen molar-refractivity contribution in [2.24, 2.45) is 0 Å². The molecule has 6 N–H and O–H groups in total. The van der Waals surface area contributed by atoms with Gasteiger partial charge in [-0.3, -0.25) is 4.79 Å². The van der Waals surface area contributed by atoms with Gasteiger partial charge in [0.05, 0.1) is 24.7 Å². The summed E-state index contributed by atoms with van der Waals surface area (Å²) in [5.74, 6) is -0.102. The summed E-state index contributed by atoms with van der Waals surface area (Å²) in [7, 11) is 3.01. The number of fused-ring (bicyclic) bond motifs is 3. The molecule has 4 aromatic rings. The van der Waals surface area contributed by atoms with Crippen LogP contribution >= 0.6 is 0 Å². The van der Waals surface area contributed by atoms with Gasteiger partial charge in [0.15, 0.2) is 23.7 Å². The Hall–Kier alpha value is -3.77. The van der Waals surface area contributed by atoms with Crippen molar-refractivity contribution < 1.29 is 67.9 Å². The van der Waals surface area contributed by atoms with Gasteiger partial charge in [-0.25, -0.2) is 0 Å². The maximum atomic E-state index is 14.4. The normalized spacial score (nSPS) is 30.9. The average Bonchev–Trinajstić information content (AvgIpc) is 3.52. The minimum atomic E-state index is -1.77. The number of benzene rings is 2. The van der Waals surface area contributed by atoms with Crippen molar-refractivity contribution in [2.75, 3.05) is 14.2 Å². The van der Waals surface area contributed by atoms with E-state index in [1.807, 2.05) is 0 Å². The highest BCUT2D eigenvalue weighted by molar-refractivity contribution is 6.06. The van der Waals surface area contributed by atoms with E-state index < -0.39 is 83.9 Å². The Morgan fingerprint density at radius 1 is 0.796 bits per heavy atom. The van der Waals surface area contributed by atoms with Crippen LogP contribution < -0.4 is 14.9 Å².